The van der Waals surface area contributed by atoms with Crippen molar-refractivity contribution in [2.24, 2.45) is 0 Å². The van der Waals surface area contributed by atoms with Crippen LogP contribution in [0.25, 0.3) is 0 Å². The number of pyridine rings is 1. The molecule has 16 heavy (non-hydrogen) atoms. The van der Waals surface area contributed by atoms with Crippen LogP contribution in [0.2, 0.25) is 0 Å². The number of aliphatic carboxylic acids is 1. The molecule has 8 heteroatoms. The van der Waals surface area contributed by atoms with Gasteiger partial charge in [0, 0.05) is 12.1 Å². The van der Waals surface area contributed by atoms with Gasteiger partial charge < -0.3 is 10.4 Å². The fraction of sp³-hybridized carbons (Fsp3) is 0.250. The van der Waals surface area contributed by atoms with E-state index in [-0.39, 0.29) is 0 Å². The summed E-state index contributed by atoms with van der Waals surface area (Å²) in [6, 6.07) is 0.640. The molecule has 0 aliphatic rings. The smallest absolute Gasteiger partial charge is 0.325 e. The average Bonchev–Trinajstić information content (AvgIpc) is 2.16. The van der Waals surface area contributed by atoms with Gasteiger partial charge in [0.15, 0.2) is 0 Å². The summed E-state index contributed by atoms with van der Waals surface area (Å²) in [5.74, 6) is -2.55. The van der Waals surface area contributed by atoms with Gasteiger partial charge in [-0.1, -0.05) is 0 Å². The molecule has 7 nitrogen and oxygen atoms in total. The van der Waals surface area contributed by atoms with Gasteiger partial charge in [-0.2, -0.15) is 9.37 Å². The molecule has 1 aromatic heterocycles. The fourth-order valence-corrected chi connectivity index (χ4v) is 0.948. The van der Waals surface area contributed by atoms with Crippen molar-refractivity contribution in [3.8, 4) is 0 Å². The number of rotatable bonds is 4. The summed E-state index contributed by atoms with van der Waals surface area (Å²) in [6.07, 6.45) is 0. The first-order chi connectivity index (χ1) is 7.41. The van der Waals surface area contributed by atoms with E-state index in [4.69, 9.17) is 5.11 Å². The first kappa shape index (κ1) is 11.8. The van der Waals surface area contributed by atoms with Crippen LogP contribution in [0.1, 0.15) is 6.92 Å². The lowest BCUT2D eigenvalue weighted by atomic mass is 10.3. The zero-order chi connectivity index (χ0) is 12.3. The van der Waals surface area contributed by atoms with Gasteiger partial charge in [-0.3, -0.25) is 14.9 Å². The van der Waals surface area contributed by atoms with Crippen LogP contribution in [0.3, 0.4) is 0 Å². The van der Waals surface area contributed by atoms with Gasteiger partial charge in [0.05, 0.1) is 4.92 Å². The number of nitro groups is 1. The molecule has 1 heterocycles. The summed E-state index contributed by atoms with van der Waals surface area (Å²) >= 11 is 0. The number of nitrogens with one attached hydrogen (secondary N) is 1. The van der Waals surface area contributed by atoms with Crippen molar-refractivity contribution in [2.75, 3.05) is 5.32 Å². The predicted octanol–water partition coefficient (Wildman–Crippen LogP) is 1.01. The highest BCUT2D eigenvalue weighted by Crippen LogP contribution is 2.22. The third-order valence-corrected chi connectivity index (χ3v) is 1.76. The van der Waals surface area contributed by atoms with Crippen LogP contribution in [0.15, 0.2) is 12.1 Å². The maximum atomic E-state index is 12.7. The van der Waals surface area contributed by atoms with Gasteiger partial charge >= 0.3 is 11.7 Å². The molecule has 0 spiro atoms. The molecular formula is C8H8FN3O4. The topological polar surface area (TPSA) is 105 Å². The van der Waals surface area contributed by atoms with E-state index >= 15 is 0 Å². The van der Waals surface area contributed by atoms with Gasteiger partial charge in [-0.05, 0) is 6.92 Å². The van der Waals surface area contributed by atoms with E-state index in [9.17, 15) is 19.3 Å². The van der Waals surface area contributed by atoms with Gasteiger partial charge in [0.1, 0.15) is 6.04 Å². The molecule has 0 aliphatic carbocycles. The number of carboxylic acids is 1. The molecule has 0 aliphatic heterocycles. The van der Waals surface area contributed by atoms with E-state index < -0.39 is 34.4 Å². The lowest BCUT2D eigenvalue weighted by Crippen LogP contribution is -2.26. The molecule has 0 amide bonds. The molecule has 0 saturated carbocycles. The molecule has 1 rings (SSSR count). The number of carboxylic acid groups (broad SMARTS) is 1. The number of aromatic nitrogens is 1. The number of hydrogen-bond donors (Lipinski definition) is 2. The largest absolute Gasteiger partial charge is 0.480 e. The third kappa shape index (κ3) is 2.62. The van der Waals surface area contributed by atoms with Crippen LogP contribution in [-0.4, -0.2) is 27.0 Å². The van der Waals surface area contributed by atoms with Crippen molar-refractivity contribution in [1.29, 1.82) is 0 Å². The second-order valence-electron chi connectivity index (χ2n) is 2.96. The molecule has 0 bridgehead atoms. The standard InChI is InChI=1S/C8H8FN3O4/c1-4(8(13)14)10-7-5(12(15)16)2-3-6(9)11-7/h2-4H,1H3,(H,10,11)(H,13,14). The van der Waals surface area contributed by atoms with E-state index in [0.29, 0.717) is 0 Å². The summed E-state index contributed by atoms with van der Waals surface area (Å²) in [6.45, 7) is 1.26. The maximum Gasteiger partial charge on any atom is 0.325 e. The van der Waals surface area contributed by atoms with E-state index in [1.165, 1.54) is 6.92 Å². The van der Waals surface area contributed by atoms with E-state index in [1.807, 2.05) is 0 Å². The Labute approximate surface area is 89.1 Å². The van der Waals surface area contributed by atoms with E-state index in [1.54, 1.807) is 0 Å². The summed E-state index contributed by atoms with van der Waals surface area (Å²) in [7, 11) is 0. The molecule has 2 N–H and O–H groups in total. The molecule has 86 valence electrons. The number of anilines is 1. The molecule has 0 fully saturated rings. The highest BCUT2D eigenvalue weighted by molar-refractivity contribution is 5.77. The Morgan fingerprint density at radius 1 is 1.69 bits per heavy atom. The third-order valence-electron chi connectivity index (χ3n) is 1.76. The number of nitrogens with zero attached hydrogens (tertiary/aromatic N) is 2. The van der Waals surface area contributed by atoms with Crippen molar-refractivity contribution >= 4 is 17.5 Å². The average molecular weight is 229 g/mol. The van der Waals surface area contributed by atoms with Gasteiger partial charge in [0.25, 0.3) is 0 Å². The minimum absolute atomic E-state index is 0.403. The Morgan fingerprint density at radius 3 is 2.81 bits per heavy atom. The quantitative estimate of drug-likeness (QED) is 0.453. The van der Waals surface area contributed by atoms with Crippen LogP contribution in [0.5, 0.6) is 0 Å². The monoisotopic (exact) mass is 229 g/mol. The Kier molecular flexibility index (Phi) is 3.33. The van der Waals surface area contributed by atoms with Gasteiger partial charge in [-0.15, -0.1) is 0 Å². The SMILES string of the molecule is CC(Nc1nc(F)ccc1[N+](=O)[O-])C(=O)O. The minimum Gasteiger partial charge on any atom is -0.480 e. The Hall–Kier alpha value is -2.25. The van der Waals surface area contributed by atoms with Gasteiger partial charge in [0.2, 0.25) is 11.8 Å². The van der Waals surface area contributed by atoms with Gasteiger partial charge in [-0.25, -0.2) is 0 Å². The Balaban J connectivity index is 3.05. The van der Waals surface area contributed by atoms with Crippen LogP contribution in [-0.2, 0) is 4.79 Å². The summed E-state index contributed by atoms with van der Waals surface area (Å²) in [5.41, 5.74) is -0.477. The molecular weight excluding hydrogens is 221 g/mol. The molecule has 1 atom stereocenters. The number of halogens is 1. The van der Waals surface area contributed by atoms with Crippen LogP contribution >= 0.6 is 0 Å². The van der Waals surface area contributed by atoms with Crippen LogP contribution < -0.4 is 5.32 Å². The van der Waals surface area contributed by atoms with Crippen molar-refractivity contribution in [3.63, 3.8) is 0 Å². The fourth-order valence-electron chi connectivity index (χ4n) is 0.948. The molecule has 0 saturated heterocycles. The second-order valence-corrected chi connectivity index (χ2v) is 2.96. The minimum atomic E-state index is -1.22. The molecule has 1 aromatic rings. The Bertz CT molecular complexity index is 437. The van der Waals surface area contributed by atoms with Crippen LogP contribution in [0, 0.1) is 16.1 Å². The first-order valence-electron chi connectivity index (χ1n) is 4.22. The molecule has 1 unspecified atom stereocenters. The highest BCUT2D eigenvalue weighted by atomic mass is 19.1. The second kappa shape index (κ2) is 4.51. The first-order valence-corrected chi connectivity index (χ1v) is 4.22. The molecule has 0 aromatic carbocycles. The summed E-state index contributed by atoms with van der Waals surface area (Å²) in [5, 5.41) is 21.4. The lowest BCUT2D eigenvalue weighted by Gasteiger charge is -2.09. The van der Waals surface area contributed by atoms with Crippen LogP contribution in [0.4, 0.5) is 15.9 Å². The molecule has 0 radical (unpaired) electrons. The van der Waals surface area contributed by atoms with E-state index in [0.717, 1.165) is 12.1 Å². The lowest BCUT2D eigenvalue weighted by molar-refractivity contribution is -0.384. The van der Waals surface area contributed by atoms with Crippen molar-refractivity contribution in [1.82, 2.24) is 4.98 Å². The number of carbonyl (C=O) groups is 1. The predicted molar refractivity (Wildman–Crippen MR) is 51.6 cm³/mol. The van der Waals surface area contributed by atoms with Crippen molar-refractivity contribution in [3.05, 3.63) is 28.2 Å². The maximum absolute atomic E-state index is 12.7. The summed E-state index contributed by atoms with van der Waals surface area (Å²) in [4.78, 5) is 23.5. The van der Waals surface area contributed by atoms with Crippen molar-refractivity contribution in [2.45, 2.75) is 13.0 Å². The van der Waals surface area contributed by atoms with E-state index in [2.05, 4.69) is 10.3 Å². The zero-order valence-corrected chi connectivity index (χ0v) is 8.18. The number of hydrogen-bond acceptors (Lipinski definition) is 5. The van der Waals surface area contributed by atoms with Crippen molar-refractivity contribution < 1.29 is 19.2 Å². The highest BCUT2D eigenvalue weighted by Gasteiger charge is 2.20. The Morgan fingerprint density at radius 2 is 2.31 bits per heavy atom. The zero-order valence-electron chi connectivity index (χ0n) is 8.18. The normalized spacial score (nSPS) is 11.9. The summed E-state index contributed by atoms with van der Waals surface area (Å²) < 4.78 is 12.7.